The average molecular weight is 243 g/mol. The van der Waals surface area contributed by atoms with Gasteiger partial charge in [-0.15, -0.1) is 0 Å². The lowest BCUT2D eigenvalue weighted by molar-refractivity contribution is -0.131. The molecular formula is C12H25N3O2. The maximum absolute atomic E-state index is 11.6. The Bertz CT molecular complexity index is 228. The highest BCUT2D eigenvalue weighted by Crippen LogP contribution is 2.01. The molecule has 0 bridgehead atoms. The van der Waals surface area contributed by atoms with Crippen molar-refractivity contribution in [1.82, 2.24) is 10.2 Å². The molecule has 0 fully saturated rings. The van der Waals surface area contributed by atoms with E-state index in [1.807, 2.05) is 13.8 Å². The second kappa shape index (κ2) is 10.1. The van der Waals surface area contributed by atoms with Crippen molar-refractivity contribution in [3.05, 3.63) is 0 Å². The Labute approximate surface area is 104 Å². The van der Waals surface area contributed by atoms with Crippen LogP contribution in [0.1, 0.15) is 39.5 Å². The third-order valence-electron chi connectivity index (χ3n) is 2.61. The number of nitrogens with two attached hydrogens (primary N) is 1. The number of hydrogen-bond donors (Lipinski definition) is 2. The summed E-state index contributed by atoms with van der Waals surface area (Å²) in [6.07, 6.45) is 2.28. The monoisotopic (exact) mass is 243 g/mol. The topological polar surface area (TPSA) is 75.4 Å². The molecule has 0 aromatic heterocycles. The normalized spacial score (nSPS) is 10.1. The van der Waals surface area contributed by atoms with Crippen molar-refractivity contribution in [2.24, 2.45) is 5.73 Å². The predicted molar refractivity (Wildman–Crippen MR) is 68.5 cm³/mol. The van der Waals surface area contributed by atoms with Crippen LogP contribution in [0.3, 0.4) is 0 Å². The van der Waals surface area contributed by atoms with Crippen LogP contribution in [-0.2, 0) is 9.59 Å². The smallest absolute Gasteiger partial charge is 0.222 e. The lowest BCUT2D eigenvalue weighted by atomic mass is 10.2. The Kier molecular flexibility index (Phi) is 9.43. The minimum atomic E-state index is 0.00537. The highest BCUT2D eigenvalue weighted by Gasteiger charge is 2.09. The zero-order chi connectivity index (χ0) is 13.1. The quantitative estimate of drug-likeness (QED) is 0.579. The summed E-state index contributed by atoms with van der Waals surface area (Å²) in [5.41, 5.74) is 5.32. The Morgan fingerprint density at radius 2 is 1.76 bits per heavy atom. The maximum atomic E-state index is 11.6. The Balaban J connectivity index is 3.61. The van der Waals surface area contributed by atoms with Crippen LogP contribution in [0, 0.1) is 0 Å². The molecule has 2 amide bonds. The molecule has 0 aliphatic heterocycles. The van der Waals surface area contributed by atoms with Crippen LogP contribution in [0.2, 0.25) is 0 Å². The van der Waals surface area contributed by atoms with Crippen LogP contribution in [0.5, 0.6) is 0 Å². The molecule has 100 valence electrons. The summed E-state index contributed by atoms with van der Waals surface area (Å²) in [4.78, 5) is 24.7. The van der Waals surface area contributed by atoms with Crippen LogP contribution >= 0.6 is 0 Å². The molecule has 0 aliphatic carbocycles. The van der Waals surface area contributed by atoms with Gasteiger partial charge in [0.05, 0.1) is 0 Å². The second-order valence-corrected chi connectivity index (χ2v) is 3.91. The van der Waals surface area contributed by atoms with E-state index >= 15 is 0 Å². The standard InChI is InChI=1S/C12H25N3O2/c1-3-15(4-2)12(17)8-5-7-11(16)14-10-6-9-13/h3-10,13H2,1-2H3,(H,14,16). The fourth-order valence-electron chi connectivity index (χ4n) is 1.55. The number of amides is 2. The minimum absolute atomic E-state index is 0.00537. The lowest BCUT2D eigenvalue weighted by Crippen LogP contribution is -2.31. The van der Waals surface area contributed by atoms with Gasteiger partial charge in [0, 0.05) is 32.5 Å². The molecular weight excluding hydrogens is 218 g/mol. The van der Waals surface area contributed by atoms with Gasteiger partial charge in [-0.1, -0.05) is 0 Å². The second-order valence-electron chi connectivity index (χ2n) is 3.91. The molecule has 0 atom stereocenters. The lowest BCUT2D eigenvalue weighted by Gasteiger charge is -2.18. The third kappa shape index (κ3) is 7.74. The summed E-state index contributed by atoms with van der Waals surface area (Å²) in [6, 6.07) is 0. The van der Waals surface area contributed by atoms with Crippen molar-refractivity contribution in [3.8, 4) is 0 Å². The maximum Gasteiger partial charge on any atom is 0.222 e. The van der Waals surface area contributed by atoms with Gasteiger partial charge in [-0.2, -0.15) is 0 Å². The van der Waals surface area contributed by atoms with Crippen molar-refractivity contribution in [2.45, 2.75) is 39.5 Å². The Morgan fingerprint density at radius 1 is 1.12 bits per heavy atom. The van der Waals surface area contributed by atoms with Gasteiger partial charge in [0.25, 0.3) is 0 Å². The van der Waals surface area contributed by atoms with Crippen molar-refractivity contribution >= 4 is 11.8 Å². The molecule has 0 aliphatic rings. The minimum Gasteiger partial charge on any atom is -0.356 e. The van der Waals surface area contributed by atoms with Crippen LogP contribution in [0.4, 0.5) is 0 Å². The number of nitrogens with zero attached hydrogens (tertiary/aromatic N) is 1. The molecule has 5 nitrogen and oxygen atoms in total. The SMILES string of the molecule is CCN(CC)C(=O)CCCC(=O)NCCCN. The van der Waals surface area contributed by atoms with Crippen LogP contribution in [0.15, 0.2) is 0 Å². The predicted octanol–water partition coefficient (Wildman–Crippen LogP) is 0.490. The summed E-state index contributed by atoms with van der Waals surface area (Å²) in [5, 5.41) is 2.77. The van der Waals surface area contributed by atoms with Gasteiger partial charge in [-0.3, -0.25) is 9.59 Å². The van der Waals surface area contributed by atoms with Crippen molar-refractivity contribution in [3.63, 3.8) is 0 Å². The van der Waals surface area contributed by atoms with Crippen LogP contribution in [-0.4, -0.2) is 42.9 Å². The fourth-order valence-corrected chi connectivity index (χ4v) is 1.55. The Morgan fingerprint density at radius 3 is 2.29 bits per heavy atom. The van der Waals surface area contributed by atoms with E-state index in [1.165, 1.54) is 0 Å². The van der Waals surface area contributed by atoms with E-state index in [-0.39, 0.29) is 11.8 Å². The summed E-state index contributed by atoms with van der Waals surface area (Å²) in [5.74, 6) is 0.135. The summed E-state index contributed by atoms with van der Waals surface area (Å²) in [7, 11) is 0. The third-order valence-corrected chi connectivity index (χ3v) is 2.61. The first-order valence-electron chi connectivity index (χ1n) is 6.40. The number of nitrogens with one attached hydrogen (secondary N) is 1. The van der Waals surface area contributed by atoms with E-state index in [4.69, 9.17) is 5.73 Å². The van der Waals surface area contributed by atoms with E-state index in [9.17, 15) is 9.59 Å². The molecule has 0 spiro atoms. The van der Waals surface area contributed by atoms with Crippen molar-refractivity contribution in [2.75, 3.05) is 26.2 Å². The molecule has 0 saturated carbocycles. The molecule has 17 heavy (non-hydrogen) atoms. The van der Waals surface area contributed by atoms with E-state index in [1.54, 1.807) is 4.90 Å². The average Bonchev–Trinajstić information content (AvgIpc) is 2.31. The Hall–Kier alpha value is -1.10. The van der Waals surface area contributed by atoms with Crippen molar-refractivity contribution < 1.29 is 9.59 Å². The van der Waals surface area contributed by atoms with Crippen molar-refractivity contribution in [1.29, 1.82) is 0 Å². The van der Waals surface area contributed by atoms with Gasteiger partial charge < -0.3 is 16.0 Å². The van der Waals surface area contributed by atoms with E-state index < -0.39 is 0 Å². The number of carbonyl (C=O) groups excluding carboxylic acids is 2. The molecule has 0 heterocycles. The molecule has 0 aromatic rings. The molecule has 5 heteroatoms. The van der Waals surface area contributed by atoms with Gasteiger partial charge in [-0.05, 0) is 33.2 Å². The van der Waals surface area contributed by atoms with Crippen LogP contribution in [0.25, 0.3) is 0 Å². The summed E-state index contributed by atoms with van der Waals surface area (Å²) >= 11 is 0. The molecule has 0 rings (SSSR count). The first-order valence-corrected chi connectivity index (χ1v) is 6.40. The molecule has 0 saturated heterocycles. The zero-order valence-corrected chi connectivity index (χ0v) is 11.0. The number of rotatable bonds is 9. The number of hydrogen-bond acceptors (Lipinski definition) is 3. The van der Waals surface area contributed by atoms with Gasteiger partial charge in [0.2, 0.25) is 11.8 Å². The molecule has 0 unspecified atom stereocenters. The largest absolute Gasteiger partial charge is 0.356 e. The van der Waals surface area contributed by atoms with E-state index in [0.29, 0.717) is 32.4 Å². The van der Waals surface area contributed by atoms with Crippen LogP contribution < -0.4 is 11.1 Å². The van der Waals surface area contributed by atoms with E-state index in [2.05, 4.69) is 5.32 Å². The zero-order valence-electron chi connectivity index (χ0n) is 11.0. The molecule has 0 radical (unpaired) electrons. The van der Waals surface area contributed by atoms with Gasteiger partial charge >= 0.3 is 0 Å². The first kappa shape index (κ1) is 15.9. The van der Waals surface area contributed by atoms with Gasteiger partial charge in [0.15, 0.2) is 0 Å². The van der Waals surface area contributed by atoms with Gasteiger partial charge in [0.1, 0.15) is 0 Å². The number of carbonyl (C=O) groups is 2. The first-order chi connectivity index (χ1) is 8.15. The molecule has 3 N–H and O–H groups in total. The molecule has 0 aromatic carbocycles. The fraction of sp³-hybridized carbons (Fsp3) is 0.833. The van der Waals surface area contributed by atoms with Gasteiger partial charge in [-0.25, -0.2) is 0 Å². The highest BCUT2D eigenvalue weighted by atomic mass is 16.2. The van der Waals surface area contributed by atoms with E-state index in [0.717, 1.165) is 19.5 Å². The summed E-state index contributed by atoms with van der Waals surface area (Å²) in [6.45, 7) is 6.60. The highest BCUT2D eigenvalue weighted by molar-refractivity contribution is 5.78. The summed E-state index contributed by atoms with van der Waals surface area (Å²) < 4.78 is 0.